The first-order valence-electron chi connectivity index (χ1n) is 5.56. The molecule has 0 spiro atoms. The number of nitrogens with zero attached hydrogens (tertiary/aromatic N) is 2. The maximum atomic E-state index is 12.7. The van der Waals surface area contributed by atoms with E-state index in [9.17, 15) is 9.18 Å². The van der Waals surface area contributed by atoms with Crippen LogP contribution in [0, 0.1) is 5.82 Å². The highest BCUT2D eigenvalue weighted by atomic mass is 19.1. The lowest BCUT2D eigenvalue weighted by atomic mass is 10.1. The van der Waals surface area contributed by atoms with E-state index in [1.54, 1.807) is 24.3 Å². The zero-order valence-electron chi connectivity index (χ0n) is 9.64. The van der Waals surface area contributed by atoms with Crippen molar-refractivity contribution in [2.45, 2.75) is 6.42 Å². The number of benzene rings is 1. The molecule has 0 radical (unpaired) electrons. The van der Waals surface area contributed by atoms with Gasteiger partial charge in [-0.1, -0.05) is 12.1 Å². The molecule has 18 heavy (non-hydrogen) atoms. The van der Waals surface area contributed by atoms with Gasteiger partial charge in [0.25, 0.3) is 5.91 Å². The summed E-state index contributed by atoms with van der Waals surface area (Å²) in [6.45, 7) is 0.473. The Kier molecular flexibility index (Phi) is 3.96. The first-order valence-corrected chi connectivity index (χ1v) is 5.56. The number of hydrogen-bond acceptors (Lipinski definition) is 3. The molecule has 5 heteroatoms. The minimum absolute atomic E-state index is 0.259. The van der Waals surface area contributed by atoms with Crippen LogP contribution >= 0.6 is 0 Å². The molecule has 1 amide bonds. The molecular weight excluding hydrogens is 233 g/mol. The third-order valence-electron chi connectivity index (χ3n) is 2.42. The molecule has 1 aromatic heterocycles. The number of aromatic nitrogens is 2. The van der Waals surface area contributed by atoms with Crippen molar-refractivity contribution in [3.63, 3.8) is 0 Å². The Balaban J connectivity index is 1.82. The molecule has 0 aliphatic heterocycles. The zero-order chi connectivity index (χ0) is 12.8. The smallest absolute Gasteiger partial charge is 0.271 e. The topological polar surface area (TPSA) is 54.9 Å². The fraction of sp³-hybridized carbons (Fsp3) is 0.154. The molecule has 92 valence electrons. The summed E-state index contributed by atoms with van der Waals surface area (Å²) in [5.74, 6) is -0.521. The van der Waals surface area contributed by atoms with Crippen LogP contribution in [0.1, 0.15) is 16.1 Å². The highest BCUT2D eigenvalue weighted by Crippen LogP contribution is 2.02. The van der Waals surface area contributed by atoms with Crippen LogP contribution in [0.2, 0.25) is 0 Å². The number of halogens is 1. The van der Waals surface area contributed by atoms with Crippen LogP contribution in [-0.4, -0.2) is 22.6 Å². The molecule has 0 bridgehead atoms. The van der Waals surface area contributed by atoms with Gasteiger partial charge in [0.2, 0.25) is 0 Å². The second-order valence-electron chi connectivity index (χ2n) is 3.74. The lowest BCUT2D eigenvalue weighted by Crippen LogP contribution is -2.26. The quantitative estimate of drug-likeness (QED) is 0.889. The Morgan fingerprint density at radius 2 is 2.00 bits per heavy atom. The van der Waals surface area contributed by atoms with E-state index in [0.29, 0.717) is 13.0 Å². The number of nitrogens with one attached hydrogen (secondary N) is 1. The van der Waals surface area contributed by atoms with Crippen molar-refractivity contribution in [1.29, 1.82) is 0 Å². The van der Waals surface area contributed by atoms with Crippen LogP contribution in [0.5, 0.6) is 0 Å². The Bertz CT molecular complexity index is 514. The summed E-state index contributed by atoms with van der Waals surface area (Å²) in [6, 6.07) is 9.45. The highest BCUT2D eigenvalue weighted by molar-refractivity contribution is 5.91. The maximum absolute atomic E-state index is 12.7. The van der Waals surface area contributed by atoms with Crippen LogP contribution in [0.3, 0.4) is 0 Å². The summed E-state index contributed by atoms with van der Waals surface area (Å²) >= 11 is 0. The third kappa shape index (κ3) is 3.35. The number of rotatable bonds is 4. The average Bonchev–Trinajstić information content (AvgIpc) is 2.42. The Morgan fingerprint density at radius 3 is 2.67 bits per heavy atom. The molecule has 2 aromatic rings. The van der Waals surface area contributed by atoms with Gasteiger partial charge in [-0.05, 0) is 36.2 Å². The standard InChI is InChI=1S/C13H12FN3O/c14-11-5-3-10(4-6-11)7-9-15-13(18)12-2-1-8-16-17-12/h1-6,8H,7,9H2,(H,15,18). The molecular formula is C13H12FN3O. The number of hydrogen-bond donors (Lipinski definition) is 1. The zero-order valence-corrected chi connectivity index (χ0v) is 9.64. The molecule has 0 saturated heterocycles. The normalized spacial score (nSPS) is 10.1. The van der Waals surface area contributed by atoms with Crippen molar-refractivity contribution in [2.75, 3.05) is 6.54 Å². The van der Waals surface area contributed by atoms with Crippen molar-refractivity contribution in [1.82, 2.24) is 15.5 Å². The lowest BCUT2D eigenvalue weighted by Gasteiger charge is -2.04. The van der Waals surface area contributed by atoms with E-state index < -0.39 is 0 Å². The molecule has 0 fully saturated rings. The van der Waals surface area contributed by atoms with Gasteiger partial charge in [-0.2, -0.15) is 5.10 Å². The number of carbonyl (C=O) groups excluding carboxylic acids is 1. The van der Waals surface area contributed by atoms with E-state index in [4.69, 9.17) is 0 Å². The van der Waals surface area contributed by atoms with E-state index in [1.807, 2.05) is 0 Å². The predicted molar refractivity (Wildman–Crippen MR) is 64.5 cm³/mol. The van der Waals surface area contributed by atoms with Crippen LogP contribution in [0.4, 0.5) is 4.39 Å². The molecule has 0 saturated carbocycles. The summed E-state index contributed by atoms with van der Waals surface area (Å²) in [5, 5.41) is 10.1. The second kappa shape index (κ2) is 5.86. The summed E-state index contributed by atoms with van der Waals surface area (Å²) in [5.41, 5.74) is 1.26. The Hall–Kier alpha value is -2.30. The van der Waals surface area contributed by atoms with Gasteiger partial charge in [0, 0.05) is 12.7 Å². The minimum Gasteiger partial charge on any atom is -0.350 e. The molecule has 0 atom stereocenters. The minimum atomic E-state index is -0.262. The summed E-state index contributed by atoms with van der Waals surface area (Å²) in [4.78, 5) is 11.6. The first kappa shape index (κ1) is 12.2. The number of amides is 1. The maximum Gasteiger partial charge on any atom is 0.271 e. The van der Waals surface area contributed by atoms with E-state index in [2.05, 4.69) is 15.5 Å². The van der Waals surface area contributed by atoms with E-state index >= 15 is 0 Å². The lowest BCUT2D eigenvalue weighted by molar-refractivity contribution is 0.0948. The first-order chi connectivity index (χ1) is 8.75. The van der Waals surface area contributed by atoms with Gasteiger partial charge in [-0.25, -0.2) is 4.39 Å². The van der Waals surface area contributed by atoms with E-state index in [1.165, 1.54) is 18.3 Å². The van der Waals surface area contributed by atoms with Gasteiger partial charge in [-0.15, -0.1) is 5.10 Å². The Labute approximate surface area is 104 Å². The molecule has 4 nitrogen and oxygen atoms in total. The third-order valence-corrected chi connectivity index (χ3v) is 2.42. The molecule has 1 aromatic carbocycles. The molecule has 0 aliphatic rings. The fourth-order valence-electron chi connectivity index (χ4n) is 1.48. The van der Waals surface area contributed by atoms with E-state index in [0.717, 1.165) is 5.56 Å². The molecule has 0 unspecified atom stereocenters. The van der Waals surface area contributed by atoms with Crippen molar-refractivity contribution in [3.8, 4) is 0 Å². The van der Waals surface area contributed by atoms with Crippen LogP contribution in [0.15, 0.2) is 42.6 Å². The van der Waals surface area contributed by atoms with Gasteiger partial charge >= 0.3 is 0 Å². The largest absolute Gasteiger partial charge is 0.350 e. The van der Waals surface area contributed by atoms with Crippen LogP contribution in [0.25, 0.3) is 0 Å². The summed E-state index contributed by atoms with van der Waals surface area (Å²) < 4.78 is 12.7. The SMILES string of the molecule is O=C(NCCc1ccc(F)cc1)c1cccnn1. The molecule has 1 N–H and O–H groups in total. The van der Waals surface area contributed by atoms with Crippen molar-refractivity contribution in [2.24, 2.45) is 0 Å². The predicted octanol–water partition coefficient (Wildman–Crippen LogP) is 1.59. The van der Waals surface area contributed by atoms with Gasteiger partial charge in [0.1, 0.15) is 5.82 Å². The van der Waals surface area contributed by atoms with Crippen molar-refractivity contribution < 1.29 is 9.18 Å². The van der Waals surface area contributed by atoms with Crippen molar-refractivity contribution >= 4 is 5.91 Å². The van der Waals surface area contributed by atoms with Gasteiger partial charge in [-0.3, -0.25) is 4.79 Å². The van der Waals surface area contributed by atoms with Crippen molar-refractivity contribution in [3.05, 3.63) is 59.7 Å². The van der Waals surface area contributed by atoms with Gasteiger partial charge in [0.15, 0.2) is 5.69 Å². The van der Waals surface area contributed by atoms with Gasteiger partial charge in [0.05, 0.1) is 0 Å². The fourth-order valence-corrected chi connectivity index (χ4v) is 1.48. The summed E-state index contributed by atoms with van der Waals surface area (Å²) in [7, 11) is 0. The molecule has 0 aliphatic carbocycles. The van der Waals surface area contributed by atoms with Gasteiger partial charge < -0.3 is 5.32 Å². The van der Waals surface area contributed by atoms with Crippen LogP contribution < -0.4 is 5.32 Å². The highest BCUT2D eigenvalue weighted by Gasteiger charge is 2.05. The monoisotopic (exact) mass is 245 g/mol. The molecule has 1 heterocycles. The molecule has 2 rings (SSSR count). The summed E-state index contributed by atoms with van der Waals surface area (Å²) in [6.07, 6.45) is 2.15. The number of carbonyl (C=O) groups is 1. The Morgan fingerprint density at radius 1 is 1.22 bits per heavy atom. The second-order valence-corrected chi connectivity index (χ2v) is 3.74. The average molecular weight is 245 g/mol. The van der Waals surface area contributed by atoms with Crippen LogP contribution in [-0.2, 0) is 6.42 Å². The van der Waals surface area contributed by atoms with E-state index in [-0.39, 0.29) is 17.4 Å².